The number of esters is 2. The van der Waals surface area contributed by atoms with E-state index >= 15 is 0 Å². The lowest BCUT2D eigenvalue weighted by Gasteiger charge is -2.40. The van der Waals surface area contributed by atoms with Gasteiger partial charge in [-0.25, -0.2) is 0 Å². The van der Waals surface area contributed by atoms with Gasteiger partial charge < -0.3 is 34.3 Å². The monoisotopic (exact) mass is 1010 g/mol. The molecule has 0 aromatic carbocycles. The Kier molecular flexibility index (Phi) is 44.3. The topological polar surface area (TPSA) is 186 Å². The summed E-state index contributed by atoms with van der Waals surface area (Å²) in [5.41, 5.74) is 0. The molecule has 1 heterocycles. The predicted molar refractivity (Wildman–Crippen MR) is 284 cm³/mol. The van der Waals surface area contributed by atoms with Crippen molar-refractivity contribution in [2.75, 3.05) is 19.0 Å². The van der Waals surface area contributed by atoms with E-state index in [9.17, 15) is 37.9 Å². The Hall–Kier alpha value is -1.87. The number of ether oxygens (including phenoxy) is 4. The number of hydrogen-bond donors (Lipinski definition) is 4. The number of carbonyl (C=O) groups excluding carboxylic acids is 2. The van der Waals surface area contributed by atoms with Crippen molar-refractivity contribution < 1.29 is 56.8 Å². The molecule has 1 fully saturated rings. The molecule has 4 N–H and O–H groups in total. The molecule has 0 saturated carbocycles. The van der Waals surface area contributed by atoms with Gasteiger partial charge in [-0.15, -0.1) is 0 Å². The molecule has 0 aliphatic carbocycles. The van der Waals surface area contributed by atoms with Gasteiger partial charge in [0.15, 0.2) is 12.4 Å². The van der Waals surface area contributed by atoms with Gasteiger partial charge in [-0.05, 0) is 44.9 Å². The summed E-state index contributed by atoms with van der Waals surface area (Å²) in [5, 5.41) is 31.0. The number of rotatable bonds is 50. The van der Waals surface area contributed by atoms with Gasteiger partial charge in [0.25, 0.3) is 10.1 Å². The second-order valence-electron chi connectivity index (χ2n) is 20.3. The van der Waals surface area contributed by atoms with E-state index < -0.39 is 71.2 Å². The van der Waals surface area contributed by atoms with Crippen LogP contribution in [0.5, 0.6) is 0 Å². The van der Waals surface area contributed by atoms with E-state index in [2.05, 4.69) is 38.2 Å². The van der Waals surface area contributed by atoms with E-state index in [-0.39, 0.29) is 19.4 Å². The summed E-state index contributed by atoms with van der Waals surface area (Å²) in [7, 11) is -4.61. The van der Waals surface area contributed by atoms with Crippen molar-refractivity contribution in [3.8, 4) is 0 Å². The van der Waals surface area contributed by atoms with Gasteiger partial charge >= 0.3 is 11.9 Å². The molecule has 1 saturated heterocycles. The highest BCUT2D eigenvalue weighted by molar-refractivity contribution is 7.85. The third-order valence-corrected chi connectivity index (χ3v) is 14.3. The van der Waals surface area contributed by atoms with E-state index in [0.717, 1.165) is 57.8 Å². The lowest BCUT2D eigenvalue weighted by Crippen LogP contribution is -2.60. The lowest BCUT2D eigenvalue weighted by atomic mass is 10.00. The fourth-order valence-corrected chi connectivity index (χ4v) is 9.75. The molecule has 6 atom stereocenters. The second-order valence-corrected chi connectivity index (χ2v) is 21.8. The van der Waals surface area contributed by atoms with E-state index in [1.54, 1.807) is 0 Å². The molecule has 0 amide bonds. The van der Waals surface area contributed by atoms with Gasteiger partial charge in [-0.1, -0.05) is 237 Å². The van der Waals surface area contributed by atoms with Crippen molar-refractivity contribution >= 4 is 22.1 Å². The minimum atomic E-state index is -4.61. The van der Waals surface area contributed by atoms with Gasteiger partial charge in [-0.2, -0.15) is 8.42 Å². The van der Waals surface area contributed by atoms with Crippen LogP contribution in [0.1, 0.15) is 271 Å². The maximum atomic E-state index is 12.9. The van der Waals surface area contributed by atoms with Crippen LogP contribution in [0, 0.1) is 0 Å². The van der Waals surface area contributed by atoms with Crippen molar-refractivity contribution in [3.05, 3.63) is 24.3 Å². The Bertz CT molecular complexity index is 1370. The van der Waals surface area contributed by atoms with Crippen LogP contribution >= 0.6 is 0 Å². The first-order chi connectivity index (χ1) is 34.0. The van der Waals surface area contributed by atoms with E-state index in [1.165, 1.54) is 173 Å². The Morgan fingerprint density at radius 2 is 0.857 bits per heavy atom. The van der Waals surface area contributed by atoms with E-state index in [4.69, 9.17) is 18.9 Å². The van der Waals surface area contributed by atoms with E-state index in [1.807, 2.05) is 0 Å². The summed E-state index contributed by atoms with van der Waals surface area (Å²) >= 11 is 0. The minimum absolute atomic E-state index is 0.159. The fourth-order valence-electron chi connectivity index (χ4n) is 9.06. The van der Waals surface area contributed by atoms with E-state index in [0.29, 0.717) is 12.8 Å². The van der Waals surface area contributed by atoms with Crippen molar-refractivity contribution in [3.63, 3.8) is 0 Å². The summed E-state index contributed by atoms with van der Waals surface area (Å²) in [5.74, 6) is -1.97. The number of aliphatic hydroxyl groups excluding tert-OH is 3. The highest BCUT2D eigenvalue weighted by Crippen LogP contribution is 2.24. The number of unbranched alkanes of at least 4 members (excludes halogenated alkanes) is 34. The molecule has 0 radical (unpaired) electrons. The summed E-state index contributed by atoms with van der Waals surface area (Å²) in [6.45, 7) is 3.80. The second kappa shape index (κ2) is 46.9. The third-order valence-electron chi connectivity index (χ3n) is 13.5. The third kappa shape index (κ3) is 40.6. The molecule has 13 heteroatoms. The first-order valence-electron chi connectivity index (χ1n) is 28.9. The molecule has 0 bridgehead atoms. The largest absolute Gasteiger partial charge is 0.462 e. The standard InChI is InChI=1S/C57H106O12S/c1-3-5-7-9-11-13-15-17-19-21-23-24-25-26-27-28-30-31-33-35-37-39-41-43-45-52(58)66-47-50(48-67-57-56(62)55(61)54(60)51(69-57)49-70(63,64)65)68-53(59)46-44-42-40-38-36-34-32-29-22-20-18-16-14-12-10-8-6-4-2/h14,16,20,22,50-51,54-57,60-62H,3-13,15,17-19,21,23-49H2,1-2H3,(H,63,64,65)/b16-14-,22-20-. The van der Waals surface area contributed by atoms with Crippen LogP contribution in [0.3, 0.4) is 0 Å². The first-order valence-corrected chi connectivity index (χ1v) is 30.5. The number of allylic oxidation sites excluding steroid dienone is 4. The van der Waals surface area contributed by atoms with Gasteiger partial charge in [0.05, 0.1) is 6.61 Å². The predicted octanol–water partition coefficient (Wildman–Crippen LogP) is 13.9. The van der Waals surface area contributed by atoms with Gasteiger partial charge in [-0.3, -0.25) is 14.1 Å². The molecule has 70 heavy (non-hydrogen) atoms. The summed E-state index contributed by atoms with van der Waals surface area (Å²) in [6, 6.07) is 0. The molecule has 1 rings (SSSR count). The Morgan fingerprint density at radius 1 is 0.486 bits per heavy atom. The number of carbonyl (C=O) groups is 2. The van der Waals surface area contributed by atoms with Crippen LogP contribution in [0.2, 0.25) is 0 Å². The van der Waals surface area contributed by atoms with Crippen molar-refractivity contribution in [2.45, 2.75) is 307 Å². The van der Waals surface area contributed by atoms with Crippen molar-refractivity contribution in [1.82, 2.24) is 0 Å². The van der Waals surface area contributed by atoms with Crippen LogP contribution < -0.4 is 0 Å². The fraction of sp³-hybridized carbons (Fsp3) is 0.895. The molecule has 12 nitrogen and oxygen atoms in total. The van der Waals surface area contributed by atoms with Gasteiger partial charge in [0.2, 0.25) is 0 Å². The average Bonchev–Trinajstić information content (AvgIpc) is 3.33. The Balaban J connectivity index is 2.29. The highest BCUT2D eigenvalue weighted by atomic mass is 32.2. The normalized spacial score (nSPS) is 19.1. The highest BCUT2D eigenvalue weighted by Gasteiger charge is 2.46. The summed E-state index contributed by atoms with van der Waals surface area (Å²) in [6.07, 6.45) is 46.5. The number of hydrogen-bond acceptors (Lipinski definition) is 11. The Labute approximate surface area is 428 Å². The molecule has 6 unspecified atom stereocenters. The number of aliphatic hydroxyl groups is 3. The summed E-state index contributed by atoms with van der Waals surface area (Å²) in [4.78, 5) is 25.6. The van der Waals surface area contributed by atoms with Crippen molar-refractivity contribution in [1.29, 1.82) is 0 Å². The van der Waals surface area contributed by atoms with Crippen molar-refractivity contribution in [2.24, 2.45) is 0 Å². The molecule has 0 aromatic rings. The van der Waals surface area contributed by atoms with Crippen LogP contribution in [0.4, 0.5) is 0 Å². The SMILES string of the molecule is CCCCCC/C=C\C/C=C\CCCCCCCCCC(=O)OC(COC(=O)CCCCCCCCCCCCCCCCCCCCCCCCCC)COC1OC(CS(=O)(=O)O)C(O)C(O)C1O. The zero-order valence-electron chi connectivity index (χ0n) is 44.6. The molecular formula is C57H106O12S. The van der Waals surface area contributed by atoms with Gasteiger partial charge in [0.1, 0.15) is 36.8 Å². The van der Waals surface area contributed by atoms with Crippen LogP contribution in [0.15, 0.2) is 24.3 Å². The quantitative estimate of drug-likeness (QED) is 0.0196. The molecule has 412 valence electrons. The first kappa shape index (κ1) is 66.1. The maximum Gasteiger partial charge on any atom is 0.306 e. The Morgan fingerprint density at radius 3 is 1.27 bits per heavy atom. The lowest BCUT2D eigenvalue weighted by molar-refractivity contribution is -0.297. The zero-order chi connectivity index (χ0) is 51.2. The molecule has 0 spiro atoms. The zero-order valence-corrected chi connectivity index (χ0v) is 45.5. The molecule has 1 aliphatic rings. The van der Waals surface area contributed by atoms with Crippen LogP contribution in [0.25, 0.3) is 0 Å². The molecule has 0 aromatic heterocycles. The molecule has 1 aliphatic heterocycles. The minimum Gasteiger partial charge on any atom is -0.462 e. The smallest absolute Gasteiger partial charge is 0.306 e. The average molecular weight is 1020 g/mol. The summed E-state index contributed by atoms with van der Waals surface area (Å²) < 4.78 is 54.4. The molecular weight excluding hydrogens is 909 g/mol. The van der Waals surface area contributed by atoms with Crippen LogP contribution in [-0.2, 0) is 38.7 Å². The maximum absolute atomic E-state index is 12.9. The van der Waals surface area contributed by atoms with Crippen LogP contribution in [-0.4, -0.2) is 96.0 Å². The van der Waals surface area contributed by atoms with Gasteiger partial charge in [0, 0.05) is 12.8 Å².